The minimum atomic E-state index is -3.76. The van der Waals surface area contributed by atoms with E-state index >= 15 is 0 Å². The highest BCUT2D eigenvalue weighted by molar-refractivity contribution is 7.89. The average Bonchev–Trinajstić information content (AvgIpc) is 2.54. The van der Waals surface area contributed by atoms with Crippen molar-refractivity contribution in [1.29, 1.82) is 0 Å². The molecular weight excluding hydrogens is 364 g/mol. The van der Waals surface area contributed by atoms with E-state index in [1.165, 1.54) is 24.6 Å². The summed E-state index contributed by atoms with van der Waals surface area (Å²) in [4.78, 5) is 13.4. The maximum atomic E-state index is 12.6. The van der Waals surface area contributed by atoms with E-state index < -0.39 is 16.0 Å². The lowest BCUT2D eigenvalue weighted by atomic mass is 9.99. The highest BCUT2D eigenvalue weighted by Gasteiger charge is 2.30. The summed E-state index contributed by atoms with van der Waals surface area (Å²) in [5.74, 6) is -1.14. The molecule has 0 bridgehead atoms. The maximum Gasteiger partial charge on any atom is 0.335 e. The summed E-state index contributed by atoms with van der Waals surface area (Å²) in [7, 11) is -3.76. The molecule has 2 rings (SSSR count). The Morgan fingerprint density at radius 3 is 2.40 bits per heavy atom. The first-order chi connectivity index (χ1) is 11.1. The lowest BCUT2D eigenvalue weighted by Crippen LogP contribution is -2.53. The highest BCUT2D eigenvalue weighted by atomic mass is 35.5. The van der Waals surface area contributed by atoms with E-state index in [1.807, 2.05) is 13.8 Å². The second-order valence-electron chi connectivity index (χ2n) is 6.97. The number of carboxylic acid groups (broad SMARTS) is 1. The molecule has 1 aromatic rings. The standard InChI is InChI=1S/C17H26N2O4S.ClH/c1-13-7-8-14(16(20)21)11-15(13)24(22,23)18-12-17(2,3)19-9-5-4-6-10-19;/h7-8,11,18H,4-6,9-10,12H2,1-3H3,(H,20,21);1H. The lowest BCUT2D eigenvalue weighted by Gasteiger charge is -2.41. The van der Waals surface area contributed by atoms with Gasteiger partial charge in [-0.2, -0.15) is 0 Å². The van der Waals surface area contributed by atoms with E-state index in [9.17, 15) is 13.2 Å². The largest absolute Gasteiger partial charge is 0.478 e. The number of aromatic carboxylic acids is 1. The van der Waals surface area contributed by atoms with Gasteiger partial charge < -0.3 is 5.11 Å². The molecule has 1 aliphatic rings. The molecule has 0 aromatic heterocycles. The number of likely N-dealkylation sites (tertiary alicyclic amines) is 1. The van der Waals surface area contributed by atoms with Gasteiger partial charge in [0.2, 0.25) is 10.0 Å². The van der Waals surface area contributed by atoms with Crippen molar-refractivity contribution < 1.29 is 18.3 Å². The topological polar surface area (TPSA) is 86.7 Å². The first-order valence-corrected chi connectivity index (χ1v) is 9.70. The zero-order chi connectivity index (χ0) is 18.0. The SMILES string of the molecule is Cc1ccc(C(=O)O)cc1S(=O)(=O)NCC(C)(C)N1CCCCC1.Cl. The Morgan fingerprint density at radius 1 is 1.24 bits per heavy atom. The van der Waals surface area contributed by atoms with Crippen LogP contribution in [-0.2, 0) is 10.0 Å². The molecule has 1 aromatic carbocycles. The van der Waals surface area contributed by atoms with Gasteiger partial charge in [-0.3, -0.25) is 4.90 Å². The zero-order valence-electron chi connectivity index (χ0n) is 14.9. The molecule has 8 heteroatoms. The number of carboxylic acids is 1. The smallest absolute Gasteiger partial charge is 0.335 e. The molecule has 25 heavy (non-hydrogen) atoms. The summed E-state index contributed by atoms with van der Waals surface area (Å²) >= 11 is 0. The highest BCUT2D eigenvalue weighted by Crippen LogP contribution is 2.22. The lowest BCUT2D eigenvalue weighted by molar-refractivity contribution is 0.0696. The van der Waals surface area contributed by atoms with Gasteiger partial charge in [0.25, 0.3) is 0 Å². The van der Waals surface area contributed by atoms with Crippen LogP contribution >= 0.6 is 12.4 Å². The summed E-state index contributed by atoms with van der Waals surface area (Å²) in [6.07, 6.45) is 3.49. The second-order valence-corrected chi connectivity index (χ2v) is 8.71. The fraction of sp³-hybridized carbons (Fsp3) is 0.588. The molecular formula is C17H27ClN2O4S. The Kier molecular flexibility index (Phi) is 7.43. The van der Waals surface area contributed by atoms with E-state index in [0.717, 1.165) is 25.9 Å². The number of nitrogens with one attached hydrogen (secondary N) is 1. The van der Waals surface area contributed by atoms with E-state index in [-0.39, 0.29) is 34.9 Å². The number of nitrogens with zero attached hydrogens (tertiary/aromatic N) is 1. The Hall–Kier alpha value is -1.15. The second kappa shape index (κ2) is 8.49. The van der Waals surface area contributed by atoms with Crippen LogP contribution in [0.2, 0.25) is 0 Å². The van der Waals surface area contributed by atoms with Crippen molar-refractivity contribution >= 4 is 28.4 Å². The quantitative estimate of drug-likeness (QED) is 0.779. The van der Waals surface area contributed by atoms with Crippen molar-refractivity contribution in [2.75, 3.05) is 19.6 Å². The number of piperidine rings is 1. The number of hydrogen-bond donors (Lipinski definition) is 2. The molecule has 1 saturated heterocycles. The van der Waals surface area contributed by atoms with E-state index in [4.69, 9.17) is 5.11 Å². The van der Waals surface area contributed by atoms with Gasteiger partial charge in [-0.05, 0) is 64.4 Å². The number of halogens is 1. The van der Waals surface area contributed by atoms with Gasteiger partial charge in [0.1, 0.15) is 0 Å². The van der Waals surface area contributed by atoms with Crippen LogP contribution in [0.4, 0.5) is 0 Å². The molecule has 0 radical (unpaired) electrons. The Labute approximate surface area is 156 Å². The monoisotopic (exact) mass is 390 g/mol. The average molecular weight is 391 g/mol. The van der Waals surface area contributed by atoms with Gasteiger partial charge in [0.05, 0.1) is 10.5 Å². The van der Waals surface area contributed by atoms with Gasteiger partial charge in [0.15, 0.2) is 0 Å². The van der Waals surface area contributed by atoms with Crippen molar-refractivity contribution in [2.24, 2.45) is 0 Å². The molecule has 142 valence electrons. The van der Waals surface area contributed by atoms with Crippen molar-refractivity contribution in [1.82, 2.24) is 9.62 Å². The third-order valence-electron chi connectivity index (χ3n) is 4.63. The third-order valence-corrected chi connectivity index (χ3v) is 6.17. The molecule has 0 spiro atoms. The molecule has 2 N–H and O–H groups in total. The van der Waals surface area contributed by atoms with Gasteiger partial charge in [-0.15, -0.1) is 12.4 Å². The van der Waals surface area contributed by atoms with Crippen molar-refractivity contribution in [3.63, 3.8) is 0 Å². The molecule has 1 heterocycles. The number of aryl methyl sites for hydroxylation is 1. The Bertz CT molecular complexity index is 713. The van der Waals surface area contributed by atoms with Crippen LogP contribution in [0, 0.1) is 6.92 Å². The molecule has 0 unspecified atom stereocenters. The van der Waals surface area contributed by atoms with E-state index in [2.05, 4.69) is 9.62 Å². The minimum absolute atomic E-state index is 0. The molecule has 0 atom stereocenters. The molecule has 0 aliphatic carbocycles. The summed E-state index contributed by atoms with van der Waals surface area (Å²) in [5, 5.41) is 9.07. The van der Waals surface area contributed by atoms with Crippen LogP contribution in [0.5, 0.6) is 0 Å². The van der Waals surface area contributed by atoms with Gasteiger partial charge >= 0.3 is 5.97 Å². The number of rotatable bonds is 6. The fourth-order valence-corrected chi connectivity index (χ4v) is 4.46. The Balaban J connectivity index is 0.00000312. The van der Waals surface area contributed by atoms with Gasteiger partial charge in [-0.25, -0.2) is 17.9 Å². The van der Waals surface area contributed by atoms with Crippen molar-refractivity contribution in [3.8, 4) is 0 Å². The first-order valence-electron chi connectivity index (χ1n) is 8.22. The fourth-order valence-electron chi connectivity index (χ4n) is 2.98. The van der Waals surface area contributed by atoms with Crippen LogP contribution < -0.4 is 4.72 Å². The number of hydrogen-bond acceptors (Lipinski definition) is 4. The number of sulfonamides is 1. The zero-order valence-corrected chi connectivity index (χ0v) is 16.5. The summed E-state index contributed by atoms with van der Waals surface area (Å²) < 4.78 is 27.9. The molecule has 6 nitrogen and oxygen atoms in total. The molecule has 0 amide bonds. The van der Waals surface area contributed by atoms with Crippen LogP contribution in [0.15, 0.2) is 23.1 Å². The summed E-state index contributed by atoms with van der Waals surface area (Å²) in [6.45, 7) is 7.95. The molecule has 1 fully saturated rings. The summed E-state index contributed by atoms with van der Waals surface area (Å²) in [6, 6.07) is 4.15. The Morgan fingerprint density at radius 2 is 1.84 bits per heavy atom. The van der Waals surface area contributed by atoms with Gasteiger partial charge in [-0.1, -0.05) is 12.5 Å². The predicted octanol–water partition coefficient (Wildman–Crippen LogP) is 2.66. The van der Waals surface area contributed by atoms with E-state index in [1.54, 1.807) is 6.92 Å². The predicted molar refractivity (Wildman–Crippen MR) is 100 cm³/mol. The van der Waals surface area contributed by atoms with Gasteiger partial charge in [0, 0.05) is 12.1 Å². The van der Waals surface area contributed by atoms with Crippen molar-refractivity contribution in [3.05, 3.63) is 29.3 Å². The van der Waals surface area contributed by atoms with E-state index in [0.29, 0.717) is 5.56 Å². The van der Waals surface area contributed by atoms with Crippen molar-refractivity contribution in [2.45, 2.75) is 50.5 Å². The first kappa shape index (κ1) is 21.9. The minimum Gasteiger partial charge on any atom is -0.478 e. The molecule has 1 aliphatic heterocycles. The maximum absolute atomic E-state index is 12.6. The van der Waals surface area contributed by atoms with Crippen LogP contribution in [0.1, 0.15) is 49.0 Å². The normalized spacial score (nSPS) is 16.3. The van der Waals surface area contributed by atoms with Crippen LogP contribution in [0.3, 0.4) is 0 Å². The summed E-state index contributed by atoms with van der Waals surface area (Å²) in [5.41, 5.74) is 0.214. The number of carbonyl (C=O) groups is 1. The number of benzene rings is 1. The molecule has 0 saturated carbocycles. The van der Waals surface area contributed by atoms with Crippen LogP contribution in [0.25, 0.3) is 0 Å². The van der Waals surface area contributed by atoms with Crippen LogP contribution in [-0.4, -0.2) is 49.6 Å². The third kappa shape index (κ3) is 5.41.